The number of likely N-dealkylation sites (N-methyl/N-ethyl adjacent to an activating group) is 2. The molecule has 0 saturated carbocycles. The molecule has 1 saturated heterocycles. The molecule has 14 N–H and O–H groups in total. The Kier molecular flexibility index (Phi) is 48.9. The first-order valence-corrected chi connectivity index (χ1v) is 43.4. The van der Waals surface area contributed by atoms with E-state index in [1.54, 1.807) is 127 Å². The predicted molar refractivity (Wildman–Crippen MR) is 458 cm³/mol. The minimum Gasteiger partial charge on any atom is -0.445 e. The van der Waals surface area contributed by atoms with Gasteiger partial charge in [-0.05, 0) is 92.4 Å². The van der Waals surface area contributed by atoms with Crippen molar-refractivity contribution < 1.29 is 95.8 Å². The predicted octanol–water partition coefficient (Wildman–Crippen LogP) is 3.96. The first-order valence-electron chi connectivity index (χ1n) is 42.2. The average Bonchev–Trinajstić information content (AvgIpc) is 0.988. The van der Waals surface area contributed by atoms with Crippen LogP contribution in [0.2, 0.25) is 0 Å². The summed E-state index contributed by atoms with van der Waals surface area (Å²) in [5, 5.41) is 32.4. The van der Waals surface area contributed by atoms with Crippen molar-refractivity contribution in [2.75, 3.05) is 137 Å². The molecule has 1 fully saturated rings. The number of hydrogen-bond donors (Lipinski definition) is 12. The Labute approximate surface area is 718 Å². The lowest BCUT2D eigenvalue weighted by Crippen LogP contribution is -2.60. The highest BCUT2D eigenvalue weighted by Gasteiger charge is 2.44. The van der Waals surface area contributed by atoms with Gasteiger partial charge in [-0.15, -0.1) is 5.53 Å². The van der Waals surface area contributed by atoms with Crippen LogP contribution in [0.3, 0.4) is 0 Å². The number of aliphatic hydroxyl groups excluding tert-OH is 1. The van der Waals surface area contributed by atoms with Crippen LogP contribution < -0.4 is 59.6 Å². The summed E-state index contributed by atoms with van der Waals surface area (Å²) in [6.45, 7) is 24.1. The summed E-state index contributed by atoms with van der Waals surface area (Å²) in [5.74, 6) is -4.65. The Morgan fingerprint density at radius 3 is 1.88 bits per heavy atom. The number of ether oxygens (including phenoxy) is 7. The van der Waals surface area contributed by atoms with Gasteiger partial charge in [-0.25, -0.2) is 9.59 Å². The second kappa shape index (κ2) is 56.7. The highest BCUT2D eigenvalue weighted by Crippen LogP contribution is 2.30. The molecule has 0 bridgehead atoms. The minimum atomic E-state index is -1.13. The monoisotopic (exact) mass is 1730 g/mol. The number of thioether (sulfide) groups is 1. The summed E-state index contributed by atoms with van der Waals surface area (Å²) < 4.78 is 40.3. The number of hydrazine groups is 2. The number of hydrogen-bond acceptors (Lipinski definition) is 24. The van der Waals surface area contributed by atoms with Gasteiger partial charge in [0.1, 0.15) is 30.8 Å². The van der Waals surface area contributed by atoms with Gasteiger partial charge in [0.05, 0.1) is 108 Å². The lowest BCUT2D eigenvalue weighted by Gasteiger charge is -2.40. The van der Waals surface area contributed by atoms with Crippen molar-refractivity contribution in [1.82, 2.24) is 67.5 Å². The molecule has 121 heavy (non-hydrogen) atoms. The number of nitrogens with one attached hydrogen (secondary N) is 9. The van der Waals surface area contributed by atoms with Crippen LogP contribution in [0.4, 0.5) is 15.3 Å². The molecule has 0 spiro atoms. The largest absolute Gasteiger partial charge is 0.445 e. The van der Waals surface area contributed by atoms with Crippen molar-refractivity contribution in [2.45, 2.75) is 214 Å². The highest BCUT2D eigenvalue weighted by atomic mass is 32.2. The molecular weight excluding hydrogens is 1590 g/mol. The van der Waals surface area contributed by atoms with E-state index in [0.29, 0.717) is 139 Å². The van der Waals surface area contributed by atoms with Gasteiger partial charge in [0.2, 0.25) is 59.1 Å². The first kappa shape index (κ1) is 104. The fourth-order valence-corrected chi connectivity index (χ4v) is 15.1. The zero-order valence-corrected chi connectivity index (χ0v) is 74.6. The normalized spacial score (nSPS) is 15.8. The lowest BCUT2D eigenvalue weighted by molar-refractivity contribution is -0.147. The molecule has 2 aromatic rings. The van der Waals surface area contributed by atoms with Crippen molar-refractivity contribution in [3.8, 4) is 0 Å². The van der Waals surface area contributed by atoms with E-state index in [4.69, 9.17) is 44.6 Å². The molecule has 2 unspecified atom stereocenters. The summed E-state index contributed by atoms with van der Waals surface area (Å²) >= 11 is 1.56. The molecule has 11 atom stereocenters. The number of amides is 13. The van der Waals surface area contributed by atoms with E-state index in [2.05, 4.69) is 48.2 Å². The Morgan fingerprint density at radius 1 is 0.645 bits per heavy atom. The van der Waals surface area contributed by atoms with E-state index in [1.807, 2.05) is 43.3 Å². The van der Waals surface area contributed by atoms with Gasteiger partial charge in [0.25, 0.3) is 0 Å². The van der Waals surface area contributed by atoms with Crippen LogP contribution in [0.5, 0.6) is 0 Å². The number of nitrogens with two attached hydrogens (primary N) is 2. The van der Waals surface area contributed by atoms with Crippen molar-refractivity contribution in [3.63, 3.8) is 0 Å². The number of anilines is 1. The standard InChI is InChI=1S/C84H140N16O20S/c1-16-70(104)98(40-50-121-49-34-67(85)101)38-36-87-68(102)28-20-25-63-52-99(95-94-63)39-42-117-44-46-119-48-47-118-45-43-116-41-33-69(103)92-72(54(2)3)80(109)91-64(26-21-35-88-83(86)112)79(108)90-62-31-29-60(30-32-62)53-120-84(113)97(13)75(57(8)9)81(110)93-73(55(4)5)82(111)96(12)74(56(6)7)66(114-14)51-71(105)100-37-22-27-65(100)77(115-15)58(10)78(107)89-59(11)76(106)61-23-18-17-19-24-61/h17-19,23-24,29-32,52,54-59,64-66,72-77,94-95,106H,16,20-22,25-28,33-51,53H2,1-15H3,(H2,85,101)(H,87,102)(H,89,107)(H,90,108)(H,91,109)(H,92,103)(H,93,110)(H3,86,88,112)/t58-,59-,64?,65+,66-,72+,73?,74+,75+,76-,77-/m0/s1. The van der Waals surface area contributed by atoms with E-state index in [0.717, 1.165) is 5.70 Å². The second-order valence-electron chi connectivity index (χ2n) is 31.7. The third-order valence-corrected chi connectivity index (χ3v) is 21.9. The molecule has 37 heteroatoms. The number of allylic oxidation sites excluding steroid dienone is 1. The molecule has 2 aliphatic heterocycles. The first-order chi connectivity index (χ1) is 57.6. The highest BCUT2D eigenvalue weighted by molar-refractivity contribution is 7.99. The van der Waals surface area contributed by atoms with E-state index in [-0.39, 0.29) is 94.1 Å². The number of nitrogens with zero attached hydrogens (tertiary/aromatic N) is 5. The van der Waals surface area contributed by atoms with E-state index in [9.17, 15) is 62.6 Å². The average molecular weight is 1730 g/mol. The number of likely N-dealkylation sites (tertiary alicyclic amines) is 1. The van der Waals surface area contributed by atoms with Gasteiger partial charge in [-0.1, -0.05) is 112 Å². The number of methoxy groups -OCH3 is 2. The summed E-state index contributed by atoms with van der Waals surface area (Å²) in [4.78, 5) is 166. The van der Waals surface area contributed by atoms with Gasteiger partial charge >= 0.3 is 12.1 Å². The number of carbonyl (C=O) groups excluding carboxylic acids is 12. The number of primary amides is 2. The third kappa shape index (κ3) is 37.7. The summed E-state index contributed by atoms with van der Waals surface area (Å²) in [7, 11) is 6.04. The van der Waals surface area contributed by atoms with E-state index >= 15 is 0 Å². The fourth-order valence-electron chi connectivity index (χ4n) is 14.2. The van der Waals surface area contributed by atoms with E-state index < -0.39 is 126 Å². The number of aliphatic hydroxyl groups is 1. The second-order valence-corrected chi connectivity index (χ2v) is 32.9. The van der Waals surface area contributed by atoms with Crippen LogP contribution >= 0.6 is 11.8 Å². The van der Waals surface area contributed by atoms with Gasteiger partial charge in [-0.2, -0.15) is 11.8 Å². The summed E-state index contributed by atoms with van der Waals surface area (Å²) in [5.41, 5.74) is 19.1. The molecule has 2 aromatic carbocycles. The molecule has 0 aliphatic carbocycles. The lowest BCUT2D eigenvalue weighted by atomic mass is 9.91. The maximum atomic E-state index is 14.8. The quantitative estimate of drug-likeness (QED) is 0.0417. The van der Waals surface area contributed by atoms with Gasteiger partial charge < -0.3 is 107 Å². The minimum absolute atomic E-state index is 0.00931. The smallest absolute Gasteiger partial charge is 0.410 e. The number of urea groups is 1. The Balaban J connectivity index is 1.18. The zero-order chi connectivity index (χ0) is 89.7. The molecule has 2 heterocycles. The van der Waals surface area contributed by atoms with Crippen LogP contribution in [-0.2, 0) is 87.7 Å². The van der Waals surface area contributed by atoms with Crippen LogP contribution in [0, 0.1) is 29.6 Å². The maximum absolute atomic E-state index is 14.8. The number of carbonyl (C=O) groups is 12. The molecular formula is C84H140N16O20S. The molecule has 13 amide bonds. The summed E-state index contributed by atoms with van der Waals surface area (Å²) in [6.07, 6.45) is 2.38. The fraction of sp³-hybridized carbons (Fsp3) is 0.690. The van der Waals surface area contributed by atoms with Gasteiger partial charge in [0, 0.05) is 116 Å². The molecule has 36 nitrogen and oxygen atoms in total. The van der Waals surface area contributed by atoms with Crippen LogP contribution in [0.15, 0.2) is 66.5 Å². The van der Waals surface area contributed by atoms with Crippen molar-refractivity contribution in [3.05, 3.63) is 77.6 Å². The maximum Gasteiger partial charge on any atom is 0.410 e. The van der Waals surface area contributed by atoms with Crippen LogP contribution in [0.1, 0.15) is 164 Å². The van der Waals surface area contributed by atoms with Crippen LogP contribution in [0.25, 0.3) is 0 Å². The molecule has 4 rings (SSSR count). The number of rotatable bonds is 60. The Hall–Kier alpha value is -8.95. The Morgan fingerprint density at radius 2 is 1.29 bits per heavy atom. The molecule has 0 aromatic heterocycles. The Bertz CT molecular complexity index is 3550. The molecule has 2 aliphatic rings. The third-order valence-electron chi connectivity index (χ3n) is 20.9. The van der Waals surface area contributed by atoms with Crippen molar-refractivity contribution in [2.24, 2.45) is 41.1 Å². The zero-order valence-electron chi connectivity index (χ0n) is 73.7. The van der Waals surface area contributed by atoms with Gasteiger partial charge in [0.15, 0.2) is 0 Å². The number of benzene rings is 2. The SMILES string of the molecule is CCC(=O)N(CCNC(=O)CCCC1=CN(CCOCCOCCOCCOCCC(=O)N[C@@H](C(=O)NC(CCCNC(N)=O)C(=O)Nc2ccc(COC(=O)N(C)[C@@H](C(=O)NC(C(=O)N(C)[C@H](C(C)C)[C@H](CC(=O)N3CCC[C@@H]3[C@@H](OC)[C@H](C)C(=O)N[C@@H](C)[C@H](O)c3ccccc3)OC)C(C)C)C(C)C)cc2)C(C)C)NN1)CCSCCC(N)=O. The molecule has 682 valence electrons. The van der Waals surface area contributed by atoms with Gasteiger partial charge in [-0.3, -0.25) is 57.9 Å². The summed E-state index contributed by atoms with van der Waals surface area (Å²) in [6, 6.07) is 8.62. The van der Waals surface area contributed by atoms with Crippen LogP contribution in [-0.4, -0.2) is 287 Å². The van der Waals surface area contributed by atoms with Crippen molar-refractivity contribution >= 4 is 88.6 Å². The molecule has 0 radical (unpaired) electrons. The topological polar surface area (TPSA) is 466 Å². The van der Waals surface area contributed by atoms with Crippen molar-refractivity contribution in [1.29, 1.82) is 0 Å². The van der Waals surface area contributed by atoms with E-state index in [1.165, 1.54) is 31.1 Å².